The zero-order valence-corrected chi connectivity index (χ0v) is 19.9. The Hall–Kier alpha value is -3.27. The number of halogens is 1. The molecule has 4 rings (SSSR count). The molecule has 0 bridgehead atoms. The van der Waals surface area contributed by atoms with Crippen LogP contribution >= 0.6 is 11.6 Å². The molecule has 10 heteroatoms. The molecule has 0 unspecified atom stereocenters. The third-order valence-corrected chi connectivity index (χ3v) is 7.24. The number of sulfonamides is 1. The van der Waals surface area contributed by atoms with Gasteiger partial charge in [0.1, 0.15) is 10.6 Å². The molecule has 0 spiro atoms. The lowest BCUT2D eigenvalue weighted by molar-refractivity contribution is -0.121. The van der Waals surface area contributed by atoms with E-state index in [0.29, 0.717) is 11.5 Å². The molecule has 0 aromatic heterocycles. The molecule has 0 saturated heterocycles. The quantitative estimate of drug-likeness (QED) is 0.480. The van der Waals surface area contributed by atoms with E-state index in [1.807, 2.05) is 12.1 Å². The zero-order valence-electron chi connectivity index (χ0n) is 18.4. The molecular formula is C24H23ClN2O6S. The minimum atomic E-state index is -4.12. The Kier molecular flexibility index (Phi) is 7.26. The predicted molar refractivity (Wildman–Crippen MR) is 126 cm³/mol. The lowest BCUT2D eigenvalue weighted by Crippen LogP contribution is -2.40. The monoisotopic (exact) mass is 502 g/mol. The second-order valence-electron chi connectivity index (χ2n) is 7.52. The van der Waals surface area contributed by atoms with Crippen LogP contribution < -0.4 is 19.5 Å². The third-order valence-electron chi connectivity index (χ3n) is 5.19. The van der Waals surface area contributed by atoms with Crippen molar-refractivity contribution in [2.24, 2.45) is 0 Å². The van der Waals surface area contributed by atoms with Gasteiger partial charge in [-0.25, -0.2) is 8.42 Å². The molecule has 34 heavy (non-hydrogen) atoms. The highest BCUT2D eigenvalue weighted by molar-refractivity contribution is 7.89. The highest BCUT2D eigenvalue weighted by Crippen LogP contribution is 2.33. The number of ether oxygens (including phenoxy) is 3. The summed E-state index contributed by atoms with van der Waals surface area (Å²) >= 11 is 6.07. The molecule has 0 atom stereocenters. The Morgan fingerprint density at radius 2 is 1.79 bits per heavy atom. The summed E-state index contributed by atoms with van der Waals surface area (Å²) in [6.07, 6.45) is 0. The minimum absolute atomic E-state index is 0.00369. The van der Waals surface area contributed by atoms with E-state index < -0.39 is 22.5 Å². The van der Waals surface area contributed by atoms with Crippen molar-refractivity contribution in [3.8, 4) is 17.2 Å². The molecule has 178 valence electrons. The van der Waals surface area contributed by atoms with E-state index >= 15 is 0 Å². The van der Waals surface area contributed by atoms with Gasteiger partial charge in [0.2, 0.25) is 22.7 Å². The lowest BCUT2D eigenvalue weighted by Gasteiger charge is -2.23. The highest BCUT2D eigenvalue weighted by atomic mass is 35.5. The number of nitrogens with zero attached hydrogens (tertiary/aromatic N) is 1. The summed E-state index contributed by atoms with van der Waals surface area (Å²) in [5, 5.41) is 3.01. The zero-order chi connectivity index (χ0) is 24.1. The highest BCUT2D eigenvalue weighted by Gasteiger charge is 2.30. The first-order chi connectivity index (χ1) is 16.4. The van der Waals surface area contributed by atoms with E-state index in [4.69, 9.17) is 25.8 Å². The van der Waals surface area contributed by atoms with Crippen molar-refractivity contribution in [3.05, 3.63) is 82.9 Å². The number of nitrogens with one attached hydrogen (secondary N) is 1. The third kappa shape index (κ3) is 5.44. The normalized spacial score (nSPS) is 12.6. The predicted octanol–water partition coefficient (Wildman–Crippen LogP) is 3.58. The van der Waals surface area contributed by atoms with Crippen molar-refractivity contribution in [2.75, 3.05) is 20.4 Å². The molecule has 3 aromatic rings. The van der Waals surface area contributed by atoms with Crippen molar-refractivity contribution in [1.29, 1.82) is 0 Å². The summed E-state index contributed by atoms with van der Waals surface area (Å²) in [6.45, 7) is -0.0344. The van der Waals surface area contributed by atoms with E-state index in [9.17, 15) is 13.2 Å². The average Bonchev–Trinajstić information content (AvgIpc) is 3.31. The smallest absolute Gasteiger partial charge is 0.247 e. The number of fused-ring (bicyclic) bond motifs is 1. The second kappa shape index (κ2) is 10.3. The number of hydrogen-bond donors (Lipinski definition) is 1. The number of amides is 1. The van der Waals surface area contributed by atoms with Gasteiger partial charge < -0.3 is 19.5 Å². The first-order valence-electron chi connectivity index (χ1n) is 10.4. The topological polar surface area (TPSA) is 94.2 Å². The molecule has 3 aromatic carbocycles. The maximum absolute atomic E-state index is 13.6. The SMILES string of the molecule is COc1ccc(Cl)cc1S(=O)(=O)N(CC(=O)NCc1ccc2c(c1)OCO2)Cc1ccccc1. The van der Waals surface area contributed by atoms with E-state index in [2.05, 4.69) is 5.32 Å². The van der Waals surface area contributed by atoms with Crippen LogP contribution in [0.5, 0.6) is 17.2 Å². The van der Waals surface area contributed by atoms with E-state index in [1.165, 1.54) is 19.2 Å². The summed E-state index contributed by atoms with van der Waals surface area (Å²) < 4.78 is 44.2. The molecular weight excluding hydrogens is 480 g/mol. The van der Waals surface area contributed by atoms with Crippen LogP contribution in [0, 0.1) is 0 Å². The van der Waals surface area contributed by atoms with Gasteiger partial charge in [0.05, 0.1) is 13.7 Å². The number of methoxy groups -OCH3 is 1. The number of rotatable bonds is 9. The van der Waals surface area contributed by atoms with Crippen molar-refractivity contribution in [1.82, 2.24) is 9.62 Å². The summed E-state index contributed by atoms with van der Waals surface area (Å²) in [4.78, 5) is 12.7. The van der Waals surface area contributed by atoms with Gasteiger partial charge in [-0.15, -0.1) is 0 Å². The Labute approximate surface area is 203 Å². The van der Waals surface area contributed by atoms with Gasteiger partial charge in [0.25, 0.3) is 0 Å². The van der Waals surface area contributed by atoms with Crippen LogP contribution in [0.4, 0.5) is 0 Å². The number of hydrogen-bond acceptors (Lipinski definition) is 6. The second-order valence-corrected chi connectivity index (χ2v) is 9.86. The summed E-state index contributed by atoms with van der Waals surface area (Å²) in [5.74, 6) is 0.931. The van der Waals surface area contributed by atoms with Crippen molar-refractivity contribution >= 4 is 27.5 Å². The average molecular weight is 503 g/mol. The summed E-state index contributed by atoms with van der Waals surface area (Å²) in [5.41, 5.74) is 1.53. The van der Waals surface area contributed by atoms with Crippen LogP contribution in [0.15, 0.2) is 71.6 Å². The molecule has 1 amide bonds. The van der Waals surface area contributed by atoms with Crippen LogP contribution in [0.3, 0.4) is 0 Å². The Bertz CT molecular complexity index is 1280. The Morgan fingerprint density at radius 1 is 1.03 bits per heavy atom. The molecule has 0 radical (unpaired) electrons. The van der Waals surface area contributed by atoms with E-state index in [1.54, 1.807) is 42.5 Å². The van der Waals surface area contributed by atoms with Gasteiger partial charge in [0.15, 0.2) is 11.5 Å². The van der Waals surface area contributed by atoms with E-state index in [-0.39, 0.29) is 35.6 Å². The van der Waals surface area contributed by atoms with Crippen LogP contribution in [-0.2, 0) is 27.9 Å². The molecule has 1 aliphatic heterocycles. The van der Waals surface area contributed by atoms with Gasteiger partial charge in [0, 0.05) is 18.1 Å². The number of benzene rings is 3. The standard InChI is InChI=1S/C24H23ClN2O6S/c1-31-21-10-8-19(25)12-23(21)34(29,30)27(14-17-5-3-2-4-6-17)15-24(28)26-13-18-7-9-20-22(11-18)33-16-32-20/h2-12H,13-16H2,1H3,(H,26,28). The van der Waals surface area contributed by atoms with Gasteiger partial charge in [-0.2, -0.15) is 4.31 Å². The van der Waals surface area contributed by atoms with Crippen LogP contribution in [0.25, 0.3) is 0 Å². The van der Waals surface area contributed by atoms with Gasteiger partial charge >= 0.3 is 0 Å². The first-order valence-corrected chi connectivity index (χ1v) is 12.2. The fraction of sp³-hybridized carbons (Fsp3) is 0.208. The largest absolute Gasteiger partial charge is 0.495 e. The first kappa shape index (κ1) is 23.9. The fourth-order valence-electron chi connectivity index (χ4n) is 3.47. The van der Waals surface area contributed by atoms with Crippen LogP contribution in [-0.4, -0.2) is 39.1 Å². The van der Waals surface area contributed by atoms with Gasteiger partial charge in [-0.1, -0.05) is 48.0 Å². The Morgan fingerprint density at radius 3 is 2.56 bits per heavy atom. The van der Waals surface area contributed by atoms with Gasteiger partial charge in [-0.05, 0) is 41.5 Å². The molecule has 1 N–H and O–H groups in total. The Balaban J connectivity index is 1.55. The molecule has 1 heterocycles. The molecule has 8 nitrogen and oxygen atoms in total. The maximum atomic E-state index is 13.6. The number of carbonyl (C=O) groups is 1. The minimum Gasteiger partial charge on any atom is -0.495 e. The molecule has 0 aliphatic carbocycles. The number of carbonyl (C=O) groups excluding carboxylic acids is 1. The van der Waals surface area contributed by atoms with Crippen LogP contribution in [0.1, 0.15) is 11.1 Å². The van der Waals surface area contributed by atoms with E-state index in [0.717, 1.165) is 15.4 Å². The van der Waals surface area contributed by atoms with Crippen LogP contribution in [0.2, 0.25) is 5.02 Å². The maximum Gasteiger partial charge on any atom is 0.247 e. The summed E-state index contributed by atoms with van der Waals surface area (Å²) in [6, 6.07) is 18.7. The van der Waals surface area contributed by atoms with Gasteiger partial charge in [-0.3, -0.25) is 4.79 Å². The van der Waals surface area contributed by atoms with Crippen molar-refractivity contribution in [2.45, 2.75) is 18.0 Å². The lowest BCUT2D eigenvalue weighted by atomic mass is 10.2. The molecule has 1 aliphatic rings. The summed E-state index contributed by atoms with van der Waals surface area (Å²) in [7, 11) is -2.75. The van der Waals surface area contributed by atoms with Crippen molar-refractivity contribution in [3.63, 3.8) is 0 Å². The molecule has 0 fully saturated rings. The fourth-order valence-corrected chi connectivity index (χ4v) is 5.27. The van der Waals surface area contributed by atoms with Crippen molar-refractivity contribution < 1.29 is 27.4 Å². The molecule has 0 saturated carbocycles.